The Morgan fingerprint density at radius 2 is 2.00 bits per heavy atom. The summed E-state index contributed by atoms with van der Waals surface area (Å²) >= 11 is 0. The number of hydrogen-bond acceptors (Lipinski definition) is 5. The van der Waals surface area contributed by atoms with E-state index in [0.29, 0.717) is 25.2 Å². The summed E-state index contributed by atoms with van der Waals surface area (Å²) in [6.07, 6.45) is 1.25. The fourth-order valence-corrected chi connectivity index (χ4v) is 1.96. The van der Waals surface area contributed by atoms with Gasteiger partial charge in [0, 0.05) is 18.5 Å². The number of nitrogens with one attached hydrogen (secondary N) is 1. The molecule has 1 heterocycles. The van der Waals surface area contributed by atoms with Crippen molar-refractivity contribution < 1.29 is 14.7 Å². The molecular formula is C15H19N5O3. The molecule has 23 heavy (non-hydrogen) atoms. The number of aliphatic carboxylic acids is 1. The lowest BCUT2D eigenvalue weighted by Gasteiger charge is -2.10. The van der Waals surface area contributed by atoms with Crippen LogP contribution >= 0.6 is 0 Å². The topological polar surface area (TPSA) is 110 Å². The molecule has 8 heteroatoms. The van der Waals surface area contributed by atoms with Gasteiger partial charge >= 0.3 is 5.97 Å². The Morgan fingerprint density at radius 3 is 2.70 bits per heavy atom. The number of carboxylic acids is 1. The lowest BCUT2D eigenvalue weighted by molar-refractivity contribution is -0.137. The Bertz CT molecular complexity index is 656. The molecule has 1 unspecified atom stereocenters. The van der Waals surface area contributed by atoms with Crippen molar-refractivity contribution in [1.29, 1.82) is 0 Å². The van der Waals surface area contributed by atoms with Gasteiger partial charge in [0.25, 0.3) is 0 Å². The van der Waals surface area contributed by atoms with Crippen LogP contribution in [0.25, 0.3) is 11.4 Å². The van der Waals surface area contributed by atoms with Gasteiger partial charge < -0.3 is 10.4 Å². The number of rotatable bonds is 8. The molecule has 2 aromatic rings. The molecule has 0 aliphatic rings. The van der Waals surface area contributed by atoms with Gasteiger partial charge in [-0.1, -0.05) is 30.3 Å². The van der Waals surface area contributed by atoms with Crippen molar-refractivity contribution in [2.75, 3.05) is 6.54 Å². The van der Waals surface area contributed by atoms with E-state index in [2.05, 4.69) is 20.7 Å². The minimum Gasteiger partial charge on any atom is -0.481 e. The van der Waals surface area contributed by atoms with Gasteiger partial charge in [0.15, 0.2) is 0 Å². The largest absolute Gasteiger partial charge is 0.481 e. The summed E-state index contributed by atoms with van der Waals surface area (Å²) in [5.74, 6) is -0.589. The molecule has 0 saturated carbocycles. The summed E-state index contributed by atoms with van der Waals surface area (Å²) in [5.41, 5.74) is 0.833. The fraction of sp³-hybridized carbons (Fsp3) is 0.400. The molecule has 2 N–H and O–H groups in total. The van der Waals surface area contributed by atoms with Gasteiger partial charge in [-0.2, -0.15) is 4.80 Å². The normalized spacial score (nSPS) is 11.9. The Balaban J connectivity index is 1.85. The van der Waals surface area contributed by atoms with Crippen LogP contribution in [-0.4, -0.2) is 43.7 Å². The van der Waals surface area contributed by atoms with Crippen LogP contribution in [0.5, 0.6) is 0 Å². The standard InChI is InChI=1S/C15H19N5O3/c1-11(15(23)16-10-6-5-9-13(21)22)20-18-14(17-19-20)12-7-3-2-4-8-12/h2-4,7-8,11H,5-6,9-10H2,1H3,(H,16,23)(H,21,22). The number of aromatic nitrogens is 4. The van der Waals surface area contributed by atoms with E-state index < -0.39 is 12.0 Å². The highest BCUT2D eigenvalue weighted by atomic mass is 16.4. The molecule has 1 amide bonds. The minimum atomic E-state index is -0.829. The molecule has 2 rings (SSSR count). The molecular weight excluding hydrogens is 298 g/mol. The third kappa shape index (κ3) is 4.87. The average Bonchev–Trinajstić information content (AvgIpc) is 3.04. The highest BCUT2D eigenvalue weighted by Crippen LogP contribution is 2.13. The summed E-state index contributed by atoms with van der Waals surface area (Å²) < 4.78 is 0. The van der Waals surface area contributed by atoms with Gasteiger partial charge in [-0.05, 0) is 25.0 Å². The number of amides is 1. The van der Waals surface area contributed by atoms with Gasteiger partial charge in [-0.3, -0.25) is 9.59 Å². The number of benzene rings is 1. The molecule has 1 aromatic heterocycles. The molecule has 1 aromatic carbocycles. The summed E-state index contributed by atoms with van der Waals surface area (Å²) in [5, 5.41) is 23.4. The predicted molar refractivity (Wildman–Crippen MR) is 82.5 cm³/mol. The maximum atomic E-state index is 12.0. The Labute approximate surface area is 133 Å². The van der Waals surface area contributed by atoms with E-state index in [-0.39, 0.29) is 12.3 Å². The first kappa shape index (κ1) is 16.6. The van der Waals surface area contributed by atoms with E-state index >= 15 is 0 Å². The second-order valence-electron chi connectivity index (χ2n) is 5.12. The van der Waals surface area contributed by atoms with E-state index in [1.807, 2.05) is 30.3 Å². The molecule has 0 aliphatic carbocycles. The third-order valence-electron chi connectivity index (χ3n) is 3.30. The molecule has 0 aliphatic heterocycles. The molecule has 0 spiro atoms. The first-order valence-corrected chi connectivity index (χ1v) is 7.42. The van der Waals surface area contributed by atoms with Crippen LogP contribution in [-0.2, 0) is 9.59 Å². The Morgan fingerprint density at radius 1 is 1.26 bits per heavy atom. The zero-order valence-corrected chi connectivity index (χ0v) is 12.8. The maximum Gasteiger partial charge on any atom is 0.303 e. The summed E-state index contributed by atoms with van der Waals surface area (Å²) in [6, 6.07) is 8.81. The number of carboxylic acid groups (broad SMARTS) is 1. The zero-order valence-electron chi connectivity index (χ0n) is 12.8. The SMILES string of the molecule is CC(C(=O)NCCCCC(=O)O)n1nnc(-c2ccccc2)n1. The van der Waals surface area contributed by atoms with Crippen molar-refractivity contribution >= 4 is 11.9 Å². The monoisotopic (exact) mass is 317 g/mol. The molecule has 0 saturated heterocycles. The quantitative estimate of drug-likeness (QED) is 0.710. The van der Waals surface area contributed by atoms with Crippen LogP contribution in [0, 0.1) is 0 Å². The molecule has 0 bridgehead atoms. The minimum absolute atomic E-state index is 0.108. The van der Waals surface area contributed by atoms with Crippen molar-refractivity contribution in [1.82, 2.24) is 25.5 Å². The Kier molecular flexibility index (Phi) is 5.79. The van der Waals surface area contributed by atoms with E-state index in [1.165, 1.54) is 4.80 Å². The average molecular weight is 317 g/mol. The second-order valence-corrected chi connectivity index (χ2v) is 5.12. The number of nitrogens with zero attached hydrogens (tertiary/aromatic N) is 4. The summed E-state index contributed by atoms with van der Waals surface area (Å²) in [6.45, 7) is 2.11. The summed E-state index contributed by atoms with van der Waals surface area (Å²) in [4.78, 5) is 23.7. The fourth-order valence-electron chi connectivity index (χ4n) is 1.96. The number of hydrogen-bond donors (Lipinski definition) is 2. The first-order chi connectivity index (χ1) is 11.1. The third-order valence-corrected chi connectivity index (χ3v) is 3.30. The zero-order chi connectivity index (χ0) is 16.7. The predicted octanol–water partition coefficient (Wildman–Crippen LogP) is 1.27. The van der Waals surface area contributed by atoms with Crippen molar-refractivity contribution in [3.8, 4) is 11.4 Å². The van der Waals surface area contributed by atoms with Crippen LogP contribution < -0.4 is 5.32 Å². The van der Waals surface area contributed by atoms with Crippen LogP contribution in [0.3, 0.4) is 0 Å². The van der Waals surface area contributed by atoms with Gasteiger partial charge in [0.1, 0.15) is 6.04 Å². The maximum absolute atomic E-state index is 12.0. The van der Waals surface area contributed by atoms with Crippen molar-refractivity contribution in [3.05, 3.63) is 30.3 Å². The van der Waals surface area contributed by atoms with Crippen LogP contribution in [0.4, 0.5) is 0 Å². The lowest BCUT2D eigenvalue weighted by atomic mass is 10.2. The number of unbranched alkanes of at least 4 members (excludes halogenated alkanes) is 1. The second kappa shape index (κ2) is 8.02. The number of carbonyl (C=O) groups excluding carboxylic acids is 1. The molecule has 122 valence electrons. The molecule has 0 fully saturated rings. The highest BCUT2D eigenvalue weighted by Gasteiger charge is 2.18. The molecule has 0 radical (unpaired) electrons. The van der Waals surface area contributed by atoms with Gasteiger partial charge in [-0.25, -0.2) is 0 Å². The van der Waals surface area contributed by atoms with Crippen LogP contribution in [0.15, 0.2) is 30.3 Å². The van der Waals surface area contributed by atoms with E-state index in [4.69, 9.17) is 5.11 Å². The molecule has 8 nitrogen and oxygen atoms in total. The highest BCUT2D eigenvalue weighted by molar-refractivity contribution is 5.79. The van der Waals surface area contributed by atoms with E-state index in [1.54, 1.807) is 6.92 Å². The van der Waals surface area contributed by atoms with Gasteiger partial charge in [0.05, 0.1) is 0 Å². The first-order valence-electron chi connectivity index (χ1n) is 7.42. The van der Waals surface area contributed by atoms with Crippen molar-refractivity contribution in [2.24, 2.45) is 0 Å². The Hall–Kier alpha value is -2.77. The molecule has 1 atom stereocenters. The summed E-state index contributed by atoms with van der Waals surface area (Å²) in [7, 11) is 0. The van der Waals surface area contributed by atoms with Crippen LogP contribution in [0.1, 0.15) is 32.2 Å². The number of tetrazole rings is 1. The van der Waals surface area contributed by atoms with E-state index in [0.717, 1.165) is 5.56 Å². The van der Waals surface area contributed by atoms with E-state index in [9.17, 15) is 9.59 Å². The lowest BCUT2D eigenvalue weighted by Crippen LogP contribution is -2.32. The van der Waals surface area contributed by atoms with Gasteiger partial charge in [0.2, 0.25) is 11.7 Å². The van der Waals surface area contributed by atoms with Gasteiger partial charge in [-0.15, -0.1) is 10.2 Å². The van der Waals surface area contributed by atoms with Crippen LogP contribution in [0.2, 0.25) is 0 Å². The number of carbonyl (C=O) groups is 2. The smallest absolute Gasteiger partial charge is 0.303 e. The van der Waals surface area contributed by atoms with Crippen molar-refractivity contribution in [3.63, 3.8) is 0 Å². The van der Waals surface area contributed by atoms with Crippen molar-refractivity contribution in [2.45, 2.75) is 32.2 Å².